The summed E-state index contributed by atoms with van der Waals surface area (Å²) in [6.45, 7) is 3.63. The number of anilines is 1. The standard InChI is InChI=1S/C22H25N3O4/c1-14-19-17(26)8-5-9-18(19)29-20(14)21(27)23-13-15-6-4-7-16(12-15)24-22(28)25-10-2-3-11-25/h4,6-7,12H,2-3,5,8-11,13H2,1H3,(H,23,27)(H,24,28). The van der Waals surface area contributed by atoms with Gasteiger partial charge in [0.1, 0.15) is 5.76 Å². The molecule has 7 heteroatoms. The number of rotatable bonds is 4. The lowest BCUT2D eigenvalue weighted by Gasteiger charge is -2.16. The number of nitrogens with zero attached hydrogens (tertiary/aromatic N) is 1. The van der Waals surface area contributed by atoms with Gasteiger partial charge in [-0.1, -0.05) is 12.1 Å². The number of amides is 3. The highest BCUT2D eigenvalue weighted by molar-refractivity contribution is 6.03. The minimum atomic E-state index is -0.337. The lowest BCUT2D eigenvalue weighted by Crippen LogP contribution is -2.32. The van der Waals surface area contributed by atoms with Crippen molar-refractivity contribution in [3.05, 3.63) is 52.5 Å². The third-order valence-electron chi connectivity index (χ3n) is 5.54. The van der Waals surface area contributed by atoms with E-state index >= 15 is 0 Å². The van der Waals surface area contributed by atoms with Gasteiger partial charge in [-0.2, -0.15) is 0 Å². The van der Waals surface area contributed by atoms with Gasteiger partial charge in [0, 0.05) is 43.7 Å². The van der Waals surface area contributed by atoms with Crippen LogP contribution in [0.3, 0.4) is 0 Å². The number of ketones is 1. The number of nitrogens with one attached hydrogen (secondary N) is 2. The van der Waals surface area contributed by atoms with E-state index in [1.165, 1.54) is 0 Å². The summed E-state index contributed by atoms with van der Waals surface area (Å²) >= 11 is 0. The molecule has 1 aliphatic carbocycles. The molecule has 0 spiro atoms. The van der Waals surface area contributed by atoms with Crippen LogP contribution in [-0.4, -0.2) is 35.7 Å². The van der Waals surface area contributed by atoms with Crippen molar-refractivity contribution in [2.24, 2.45) is 0 Å². The maximum absolute atomic E-state index is 12.6. The van der Waals surface area contributed by atoms with Crippen LogP contribution in [0.25, 0.3) is 0 Å². The first kappa shape index (κ1) is 19.2. The molecule has 29 heavy (non-hydrogen) atoms. The monoisotopic (exact) mass is 395 g/mol. The van der Waals surface area contributed by atoms with E-state index in [2.05, 4.69) is 10.6 Å². The highest BCUT2D eigenvalue weighted by Gasteiger charge is 2.28. The first-order valence-electron chi connectivity index (χ1n) is 10.1. The van der Waals surface area contributed by atoms with Gasteiger partial charge in [-0.25, -0.2) is 4.79 Å². The van der Waals surface area contributed by atoms with Crippen molar-refractivity contribution in [1.82, 2.24) is 10.2 Å². The molecule has 2 N–H and O–H groups in total. The number of fused-ring (bicyclic) bond motifs is 1. The third-order valence-corrected chi connectivity index (χ3v) is 5.54. The molecule has 1 saturated heterocycles. The Morgan fingerprint density at radius 2 is 1.93 bits per heavy atom. The molecule has 1 aliphatic heterocycles. The Balaban J connectivity index is 1.40. The van der Waals surface area contributed by atoms with Crippen molar-refractivity contribution in [3.8, 4) is 0 Å². The highest BCUT2D eigenvalue weighted by Crippen LogP contribution is 2.29. The summed E-state index contributed by atoms with van der Waals surface area (Å²) < 4.78 is 5.70. The molecule has 2 aliphatic rings. The number of aryl methyl sites for hydroxylation is 1. The molecule has 1 aromatic heterocycles. The minimum absolute atomic E-state index is 0.0491. The molecule has 2 aromatic rings. The first-order chi connectivity index (χ1) is 14.0. The quantitative estimate of drug-likeness (QED) is 0.826. The van der Waals surface area contributed by atoms with Gasteiger partial charge in [-0.3, -0.25) is 9.59 Å². The molecule has 0 unspecified atom stereocenters. The number of carbonyl (C=O) groups is 3. The second kappa shape index (κ2) is 8.11. The fourth-order valence-electron chi connectivity index (χ4n) is 4.01. The first-order valence-corrected chi connectivity index (χ1v) is 10.1. The van der Waals surface area contributed by atoms with Gasteiger partial charge < -0.3 is 20.0 Å². The number of urea groups is 1. The number of hydrogen-bond donors (Lipinski definition) is 2. The molecule has 0 saturated carbocycles. The van der Waals surface area contributed by atoms with Crippen LogP contribution >= 0.6 is 0 Å². The number of furan rings is 1. The Morgan fingerprint density at radius 1 is 1.14 bits per heavy atom. The van der Waals surface area contributed by atoms with E-state index in [0.717, 1.165) is 37.9 Å². The molecule has 152 valence electrons. The number of Topliss-reactive ketones (excluding diaryl/α,β-unsaturated/α-hetero) is 1. The summed E-state index contributed by atoms with van der Waals surface area (Å²) in [5.74, 6) is 0.545. The van der Waals surface area contributed by atoms with Crippen LogP contribution in [0.5, 0.6) is 0 Å². The van der Waals surface area contributed by atoms with Crippen LogP contribution in [0.4, 0.5) is 10.5 Å². The average molecular weight is 395 g/mol. The van der Waals surface area contributed by atoms with E-state index in [1.54, 1.807) is 11.8 Å². The zero-order chi connectivity index (χ0) is 20.4. The Morgan fingerprint density at radius 3 is 2.69 bits per heavy atom. The maximum atomic E-state index is 12.6. The summed E-state index contributed by atoms with van der Waals surface area (Å²) in [5, 5.41) is 5.76. The Labute approximate surface area is 169 Å². The summed E-state index contributed by atoms with van der Waals surface area (Å²) in [5.41, 5.74) is 2.76. The van der Waals surface area contributed by atoms with Gasteiger partial charge >= 0.3 is 6.03 Å². The highest BCUT2D eigenvalue weighted by atomic mass is 16.4. The van der Waals surface area contributed by atoms with Gasteiger partial charge in [0.15, 0.2) is 11.5 Å². The molecule has 1 fully saturated rings. The largest absolute Gasteiger partial charge is 0.455 e. The fourth-order valence-corrected chi connectivity index (χ4v) is 4.01. The number of benzene rings is 1. The van der Waals surface area contributed by atoms with Crippen LogP contribution in [0.1, 0.15) is 63.5 Å². The van der Waals surface area contributed by atoms with E-state index < -0.39 is 0 Å². The number of hydrogen-bond acceptors (Lipinski definition) is 4. The molecule has 0 bridgehead atoms. The predicted octanol–water partition coefficient (Wildman–Crippen LogP) is 3.66. The van der Waals surface area contributed by atoms with Crippen molar-refractivity contribution in [1.29, 1.82) is 0 Å². The Bertz CT molecular complexity index is 957. The molecular formula is C22H25N3O4. The van der Waals surface area contributed by atoms with Crippen LogP contribution < -0.4 is 10.6 Å². The van der Waals surface area contributed by atoms with E-state index in [0.29, 0.717) is 42.0 Å². The summed E-state index contributed by atoms with van der Waals surface area (Å²) in [6, 6.07) is 7.31. The normalized spacial score (nSPS) is 15.9. The van der Waals surface area contributed by atoms with Gasteiger partial charge in [-0.05, 0) is 43.9 Å². The summed E-state index contributed by atoms with van der Waals surface area (Å²) in [7, 11) is 0. The SMILES string of the molecule is Cc1c(C(=O)NCc2cccc(NC(=O)N3CCCC3)c2)oc2c1C(=O)CCC2. The van der Waals surface area contributed by atoms with Crippen molar-refractivity contribution >= 4 is 23.4 Å². The zero-order valence-electron chi connectivity index (χ0n) is 16.5. The molecule has 3 amide bonds. The predicted molar refractivity (Wildman–Crippen MR) is 108 cm³/mol. The smallest absolute Gasteiger partial charge is 0.321 e. The number of likely N-dealkylation sites (tertiary alicyclic amines) is 1. The summed E-state index contributed by atoms with van der Waals surface area (Å²) in [4.78, 5) is 38.8. The van der Waals surface area contributed by atoms with E-state index in [9.17, 15) is 14.4 Å². The van der Waals surface area contributed by atoms with Crippen LogP contribution in [-0.2, 0) is 13.0 Å². The Kier molecular flexibility index (Phi) is 5.38. The van der Waals surface area contributed by atoms with Crippen molar-refractivity contribution < 1.29 is 18.8 Å². The van der Waals surface area contributed by atoms with Crippen LogP contribution in [0.2, 0.25) is 0 Å². The molecule has 7 nitrogen and oxygen atoms in total. The van der Waals surface area contributed by atoms with E-state index in [4.69, 9.17) is 4.42 Å². The number of carbonyl (C=O) groups excluding carboxylic acids is 3. The maximum Gasteiger partial charge on any atom is 0.321 e. The third kappa shape index (κ3) is 4.04. The average Bonchev–Trinajstić information content (AvgIpc) is 3.36. The molecule has 0 radical (unpaired) electrons. The van der Waals surface area contributed by atoms with Gasteiger partial charge in [-0.15, -0.1) is 0 Å². The lowest BCUT2D eigenvalue weighted by molar-refractivity contribution is 0.0917. The van der Waals surface area contributed by atoms with Gasteiger partial charge in [0.2, 0.25) is 0 Å². The van der Waals surface area contributed by atoms with Crippen molar-refractivity contribution in [3.63, 3.8) is 0 Å². The van der Waals surface area contributed by atoms with Crippen LogP contribution in [0.15, 0.2) is 28.7 Å². The molecule has 4 rings (SSSR count). The topological polar surface area (TPSA) is 91.7 Å². The fraction of sp³-hybridized carbons (Fsp3) is 0.409. The molecular weight excluding hydrogens is 370 g/mol. The van der Waals surface area contributed by atoms with Crippen molar-refractivity contribution in [2.45, 2.75) is 45.6 Å². The zero-order valence-corrected chi connectivity index (χ0v) is 16.5. The summed E-state index contributed by atoms with van der Waals surface area (Å²) in [6.07, 6.45) is 4.04. The molecule has 0 atom stereocenters. The minimum Gasteiger partial charge on any atom is -0.455 e. The van der Waals surface area contributed by atoms with Gasteiger partial charge in [0.25, 0.3) is 5.91 Å². The lowest BCUT2D eigenvalue weighted by atomic mass is 9.94. The molecule has 1 aromatic carbocycles. The van der Waals surface area contributed by atoms with Crippen molar-refractivity contribution in [2.75, 3.05) is 18.4 Å². The second-order valence-electron chi connectivity index (χ2n) is 7.64. The van der Waals surface area contributed by atoms with Crippen LogP contribution in [0, 0.1) is 6.92 Å². The van der Waals surface area contributed by atoms with E-state index in [-0.39, 0.29) is 23.5 Å². The Hall–Kier alpha value is -3.09. The van der Waals surface area contributed by atoms with Gasteiger partial charge in [0.05, 0.1) is 5.56 Å². The van der Waals surface area contributed by atoms with E-state index in [1.807, 2.05) is 24.3 Å². The molecule has 2 heterocycles. The second-order valence-corrected chi connectivity index (χ2v) is 7.64.